The minimum absolute atomic E-state index is 0.000900. The summed E-state index contributed by atoms with van der Waals surface area (Å²) in [6.07, 6.45) is 0. The van der Waals surface area contributed by atoms with Crippen molar-refractivity contribution in [3.8, 4) is 27.9 Å². The van der Waals surface area contributed by atoms with Gasteiger partial charge >= 0.3 is 0 Å². The molecule has 0 bridgehead atoms. The van der Waals surface area contributed by atoms with Gasteiger partial charge in [-0.25, -0.2) is 0 Å². The second kappa shape index (κ2) is 11.7. The van der Waals surface area contributed by atoms with Gasteiger partial charge in [-0.15, -0.1) is 11.3 Å². The molecule has 0 fully saturated rings. The van der Waals surface area contributed by atoms with E-state index in [1.54, 1.807) is 0 Å². The van der Waals surface area contributed by atoms with Crippen LogP contribution in [0, 0.1) is 0 Å². The van der Waals surface area contributed by atoms with Gasteiger partial charge in [-0.05, 0) is 110 Å². The first-order valence-electron chi connectivity index (χ1n) is 20.5. The Bertz CT molecular complexity index is 3160. The Morgan fingerprint density at radius 3 is 2.09 bits per heavy atom. The molecular weight excluding hydrogens is 707 g/mol. The summed E-state index contributed by atoms with van der Waals surface area (Å²) >= 11 is 1.91. The number of nitrogens with zero attached hydrogens (tertiary/aromatic N) is 1. The van der Waals surface area contributed by atoms with Crippen molar-refractivity contribution >= 4 is 82.9 Å². The molecule has 2 aromatic heterocycles. The van der Waals surface area contributed by atoms with Crippen molar-refractivity contribution in [1.82, 2.24) is 4.57 Å². The van der Waals surface area contributed by atoms with E-state index in [1.165, 1.54) is 103 Å². The van der Waals surface area contributed by atoms with Gasteiger partial charge in [0, 0.05) is 64.5 Å². The summed E-state index contributed by atoms with van der Waals surface area (Å²) in [6.45, 7) is 18.6. The summed E-state index contributed by atoms with van der Waals surface area (Å²) in [7, 11) is 0.871. The molecule has 0 saturated heterocycles. The molecule has 1 aliphatic heterocycles. The molecule has 4 heteroatoms. The number of anilines is 2. The third kappa shape index (κ3) is 5.09. The first-order valence-corrected chi connectivity index (χ1v) is 21.3. The van der Waals surface area contributed by atoms with Crippen molar-refractivity contribution in [2.45, 2.75) is 71.6 Å². The van der Waals surface area contributed by atoms with Gasteiger partial charge in [-0.3, -0.25) is 0 Å². The van der Waals surface area contributed by atoms with Crippen LogP contribution in [0.2, 0.25) is 0 Å². The molecule has 0 saturated carbocycles. The maximum atomic E-state index is 3.89. The molecule has 3 heterocycles. The van der Waals surface area contributed by atoms with E-state index in [2.05, 4.69) is 193 Å². The molecule has 7 aromatic carbocycles. The fraction of sp³-hybridized carbons (Fsp3) is 0.208. The summed E-state index contributed by atoms with van der Waals surface area (Å²) < 4.78 is 5.34. The standard InChI is InChI=1S/C53H47BN2S/c1-51(2,3)30-17-20-32(21-18-30)55-44-24-19-31(52(4,5)6)25-38(44)35-22-23-36-39-26-42-37(33-13-9-11-15-41(33)53(42,7)8)27-45(39)56-46-28-40-34-14-10-12-16-47(34)57-48(40)29-43(46)54-49(35)50(36)56/h9-29,54-55H,1-8H3. The van der Waals surface area contributed by atoms with Gasteiger partial charge in [0.2, 0.25) is 0 Å². The third-order valence-corrected chi connectivity index (χ3v) is 14.3. The zero-order valence-corrected chi connectivity index (χ0v) is 35.0. The first kappa shape index (κ1) is 34.7. The lowest BCUT2D eigenvalue weighted by Gasteiger charge is -2.26. The van der Waals surface area contributed by atoms with E-state index < -0.39 is 0 Å². The molecule has 11 rings (SSSR count). The lowest BCUT2D eigenvalue weighted by atomic mass is 9.59. The number of hydrogen-bond acceptors (Lipinski definition) is 2. The van der Waals surface area contributed by atoms with E-state index in [0.717, 1.165) is 18.7 Å². The molecule has 2 aliphatic rings. The largest absolute Gasteiger partial charge is 0.355 e. The van der Waals surface area contributed by atoms with Crippen molar-refractivity contribution in [3.63, 3.8) is 0 Å². The Morgan fingerprint density at radius 2 is 1.30 bits per heavy atom. The zero-order chi connectivity index (χ0) is 39.2. The summed E-state index contributed by atoms with van der Waals surface area (Å²) in [5, 5.41) is 9.24. The minimum Gasteiger partial charge on any atom is -0.355 e. The minimum atomic E-state index is -0.0732. The predicted molar refractivity (Wildman–Crippen MR) is 250 cm³/mol. The number of aromatic nitrogens is 1. The predicted octanol–water partition coefficient (Wildman–Crippen LogP) is 13.2. The quantitative estimate of drug-likeness (QED) is 0.178. The van der Waals surface area contributed by atoms with Gasteiger partial charge in [0.25, 0.3) is 0 Å². The number of hydrogen-bond donors (Lipinski definition) is 1. The second-order valence-corrected chi connectivity index (χ2v) is 20.2. The van der Waals surface area contributed by atoms with Crippen LogP contribution in [0.15, 0.2) is 127 Å². The van der Waals surface area contributed by atoms with Crippen molar-refractivity contribution in [2.75, 3.05) is 5.32 Å². The van der Waals surface area contributed by atoms with Crippen LogP contribution >= 0.6 is 11.3 Å². The number of fused-ring (bicyclic) bond motifs is 11. The van der Waals surface area contributed by atoms with Crippen molar-refractivity contribution in [3.05, 3.63) is 150 Å². The number of nitrogens with one attached hydrogen (secondary N) is 1. The third-order valence-electron chi connectivity index (χ3n) is 13.1. The van der Waals surface area contributed by atoms with Crippen LogP contribution in [0.25, 0.3) is 69.9 Å². The second-order valence-electron chi connectivity index (χ2n) is 19.1. The van der Waals surface area contributed by atoms with E-state index in [4.69, 9.17) is 0 Å². The Morgan fingerprint density at radius 1 is 0.561 bits per heavy atom. The first-order chi connectivity index (χ1) is 27.3. The van der Waals surface area contributed by atoms with Crippen LogP contribution in [-0.4, -0.2) is 11.8 Å². The van der Waals surface area contributed by atoms with Crippen molar-refractivity contribution in [1.29, 1.82) is 0 Å². The maximum absolute atomic E-state index is 3.89. The monoisotopic (exact) mass is 754 g/mol. The normalized spacial score (nSPS) is 14.2. The van der Waals surface area contributed by atoms with Crippen LogP contribution in [0.5, 0.6) is 0 Å². The highest BCUT2D eigenvalue weighted by atomic mass is 32.1. The van der Waals surface area contributed by atoms with E-state index in [9.17, 15) is 0 Å². The molecule has 0 unspecified atom stereocenters. The summed E-state index contributed by atoms with van der Waals surface area (Å²) in [6, 6.07) is 48.9. The Balaban J connectivity index is 1.20. The summed E-state index contributed by atoms with van der Waals surface area (Å²) in [4.78, 5) is 0. The molecule has 0 radical (unpaired) electrons. The van der Waals surface area contributed by atoms with Gasteiger partial charge < -0.3 is 9.88 Å². The Kier molecular flexibility index (Phi) is 7.14. The highest BCUT2D eigenvalue weighted by Crippen LogP contribution is 2.51. The SMILES string of the molecule is CC(C)(C)c1ccc(Nc2ccc(C(C)(C)C)cc2-c2ccc3c4cc5c(cc4n4c3c2Bc2cc3sc6ccccc6c3cc2-4)-c2ccccc2C5(C)C)cc1. The molecule has 2 nitrogen and oxygen atoms in total. The lowest BCUT2D eigenvalue weighted by Crippen LogP contribution is -2.37. The van der Waals surface area contributed by atoms with E-state index in [-0.39, 0.29) is 16.2 Å². The van der Waals surface area contributed by atoms with E-state index in [1.807, 2.05) is 11.3 Å². The average Bonchev–Trinajstić information content (AvgIpc) is 3.79. The highest BCUT2D eigenvalue weighted by Gasteiger charge is 2.37. The molecule has 0 amide bonds. The highest BCUT2D eigenvalue weighted by molar-refractivity contribution is 7.26. The van der Waals surface area contributed by atoms with Crippen LogP contribution in [0.4, 0.5) is 11.4 Å². The lowest BCUT2D eigenvalue weighted by molar-refractivity contribution is 0.590. The fourth-order valence-electron chi connectivity index (χ4n) is 9.94. The zero-order valence-electron chi connectivity index (χ0n) is 34.2. The van der Waals surface area contributed by atoms with Crippen LogP contribution < -0.4 is 16.2 Å². The Labute approximate surface area is 340 Å². The molecule has 0 spiro atoms. The van der Waals surface area contributed by atoms with Crippen LogP contribution in [0.1, 0.15) is 77.6 Å². The smallest absolute Gasteiger partial charge is 0.198 e. The van der Waals surface area contributed by atoms with Crippen LogP contribution in [0.3, 0.4) is 0 Å². The van der Waals surface area contributed by atoms with Crippen molar-refractivity contribution in [2.24, 2.45) is 0 Å². The van der Waals surface area contributed by atoms with Gasteiger partial charge in [0.1, 0.15) is 0 Å². The fourth-order valence-corrected chi connectivity index (χ4v) is 11.1. The van der Waals surface area contributed by atoms with Gasteiger partial charge in [-0.2, -0.15) is 0 Å². The number of rotatable bonds is 3. The van der Waals surface area contributed by atoms with Crippen LogP contribution in [-0.2, 0) is 16.2 Å². The van der Waals surface area contributed by atoms with Gasteiger partial charge in [0.15, 0.2) is 7.28 Å². The molecule has 9 aromatic rings. The molecule has 1 aliphatic carbocycles. The van der Waals surface area contributed by atoms with Gasteiger partial charge in [0.05, 0.1) is 5.52 Å². The molecule has 0 atom stereocenters. The van der Waals surface area contributed by atoms with E-state index >= 15 is 0 Å². The topological polar surface area (TPSA) is 17.0 Å². The Hall–Kier alpha value is -5.58. The molecule has 278 valence electrons. The maximum Gasteiger partial charge on any atom is 0.198 e. The molecule has 57 heavy (non-hydrogen) atoms. The summed E-state index contributed by atoms with van der Waals surface area (Å²) in [5.74, 6) is 0. The summed E-state index contributed by atoms with van der Waals surface area (Å²) in [5.41, 5.74) is 19.7. The number of benzene rings is 7. The molecular formula is C53H47BN2S. The molecule has 1 N–H and O–H groups in total. The van der Waals surface area contributed by atoms with E-state index in [0.29, 0.717) is 0 Å². The average molecular weight is 755 g/mol. The van der Waals surface area contributed by atoms with Crippen molar-refractivity contribution < 1.29 is 0 Å². The number of thiophene rings is 1. The van der Waals surface area contributed by atoms with Gasteiger partial charge in [-0.1, -0.05) is 134 Å².